The van der Waals surface area contributed by atoms with E-state index in [9.17, 15) is 4.79 Å². The number of ether oxygens (including phenoxy) is 1. The van der Waals surface area contributed by atoms with Crippen molar-refractivity contribution in [1.29, 1.82) is 0 Å². The molecule has 1 aliphatic carbocycles. The Balaban J connectivity index is 1.54. The fourth-order valence-electron chi connectivity index (χ4n) is 4.84. The van der Waals surface area contributed by atoms with Gasteiger partial charge in [0.2, 0.25) is 0 Å². The maximum atomic E-state index is 13.4. The number of methoxy groups -OCH3 is 1. The Bertz CT molecular complexity index is 961. The first-order valence-corrected chi connectivity index (χ1v) is 11.5. The second kappa shape index (κ2) is 9.88. The average molecular weight is 438 g/mol. The van der Waals surface area contributed by atoms with Crippen LogP contribution in [0.3, 0.4) is 0 Å². The van der Waals surface area contributed by atoms with Crippen LogP contribution in [-0.2, 0) is 25.9 Å². The molecule has 0 N–H and O–H groups in total. The van der Waals surface area contributed by atoms with E-state index in [0.29, 0.717) is 18.3 Å². The number of benzene rings is 1. The van der Waals surface area contributed by atoms with Crippen molar-refractivity contribution in [2.45, 2.75) is 38.4 Å². The van der Waals surface area contributed by atoms with Crippen LogP contribution in [0.25, 0.3) is 0 Å². The molecule has 0 saturated carbocycles. The molecule has 32 heavy (non-hydrogen) atoms. The van der Waals surface area contributed by atoms with Gasteiger partial charge in [-0.05, 0) is 51.1 Å². The van der Waals surface area contributed by atoms with E-state index in [1.54, 1.807) is 7.11 Å². The number of allylic oxidation sites excluding steroid dienone is 1. The van der Waals surface area contributed by atoms with Gasteiger partial charge in [0.05, 0.1) is 13.7 Å². The van der Waals surface area contributed by atoms with E-state index in [2.05, 4.69) is 42.6 Å². The molecule has 7 heteroatoms. The van der Waals surface area contributed by atoms with E-state index in [1.165, 1.54) is 11.3 Å². The van der Waals surface area contributed by atoms with Crippen LogP contribution in [0.1, 0.15) is 33.7 Å². The Labute approximate surface area is 191 Å². The topological polar surface area (TPSA) is 53.8 Å². The molecule has 7 nitrogen and oxygen atoms in total. The first kappa shape index (κ1) is 22.6. The molecule has 4 rings (SSSR count). The van der Waals surface area contributed by atoms with E-state index in [4.69, 9.17) is 9.84 Å². The second-order valence-electron chi connectivity index (χ2n) is 9.00. The van der Waals surface area contributed by atoms with E-state index in [-0.39, 0.29) is 5.91 Å². The van der Waals surface area contributed by atoms with Crippen LogP contribution in [0.2, 0.25) is 0 Å². The molecule has 1 aromatic carbocycles. The zero-order valence-electron chi connectivity index (χ0n) is 19.6. The molecular formula is C25H35N5O2. The fourth-order valence-corrected chi connectivity index (χ4v) is 4.84. The van der Waals surface area contributed by atoms with Gasteiger partial charge in [0, 0.05) is 50.0 Å². The summed E-state index contributed by atoms with van der Waals surface area (Å²) >= 11 is 0. The molecule has 172 valence electrons. The third kappa shape index (κ3) is 4.74. The van der Waals surface area contributed by atoms with E-state index in [1.807, 2.05) is 27.8 Å². The quantitative estimate of drug-likeness (QED) is 0.623. The molecule has 1 aliphatic heterocycles. The zero-order chi connectivity index (χ0) is 22.7. The number of hydrogen-bond acceptors (Lipinski definition) is 5. The van der Waals surface area contributed by atoms with Gasteiger partial charge in [0.25, 0.3) is 5.91 Å². The Morgan fingerprint density at radius 2 is 2.09 bits per heavy atom. The molecule has 2 aromatic rings. The van der Waals surface area contributed by atoms with Crippen molar-refractivity contribution in [3.63, 3.8) is 0 Å². The molecule has 0 unspecified atom stereocenters. The van der Waals surface area contributed by atoms with Crippen LogP contribution in [0.4, 0.5) is 0 Å². The van der Waals surface area contributed by atoms with Crippen molar-refractivity contribution in [3.8, 4) is 5.75 Å². The van der Waals surface area contributed by atoms with Gasteiger partial charge in [-0.3, -0.25) is 14.4 Å². The number of nitrogens with zero attached hydrogens (tertiary/aromatic N) is 5. The predicted molar refractivity (Wildman–Crippen MR) is 126 cm³/mol. The van der Waals surface area contributed by atoms with E-state index < -0.39 is 0 Å². The highest BCUT2D eigenvalue weighted by atomic mass is 16.5. The molecule has 2 aliphatic rings. The van der Waals surface area contributed by atoms with Crippen molar-refractivity contribution in [1.82, 2.24) is 24.5 Å². The highest BCUT2D eigenvalue weighted by Crippen LogP contribution is 2.29. The first-order valence-electron chi connectivity index (χ1n) is 11.5. The summed E-state index contributed by atoms with van der Waals surface area (Å²) in [6.07, 6.45) is 4.69. The summed E-state index contributed by atoms with van der Waals surface area (Å²) in [6, 6.07) is 8.61. The summed E-state index contributed by atoms with van der Waals surface area (Å²) in [5.74, 6) is 0.959. The fraction of sp³-hybridized carbons (Fsp3) is 0.520. The minimum atomic E-state index is 0.0771. The summed E-state index contributed by atoms with van der Waals surface area (Å²) < 4.78 is 7.37. The van der Waals surface area contributed by atoms with Crippen molar-refractivity contribution < 1.29 is 9.53 Å². The smallest absolute Gasteiger partial charge is 0.274 e. The van der Waals surface area contributed by atoms with Gasteiger partial charge < -0.3 is 14.5 Å². The lowest BCUT2D eigenvalue weighted by Crippen LogP contribution is -2.47. The number of aromatic nitrogens is 2. The molecule has 0 spiro atoms. The van der Waals surface area contributed by atoms with Gasteiger partial charge in [0.15, 0.2) is 5.69 Å². The number of amides is 1. The van der Waals surface area contributed by atoms with Crippen molar-refractivity contribution in [2.75, 3.05) is 47.4 Å². The summed E-state index contributed by atoms with van der Waals surface area (Å²) in [5.41, 5.74) is 4.21. The van der Waals surface area contributed by atoms with Gasteiger partial charge >= 0.3 is 0 Å². The van der Waals surface area contributed by atoms with Gasteiger partial charge in [-0.25, -0.2) is 0 Å². The zero-order valence-corrected chi connectivity index (χ0v) is 19.6. The number of likely N-dealkylation sites (N-methyl/N-ethyl adjacent to an activating group) is 2. The third-order valence-electron chi connectivity index (χ3n) is 6.81. The Morgan fingerprint density at radius 3 is 2.81 bits per heavy atom. The van der Waals surface area contributed by atoms with Gasteiger partial charge in [-0.2, -0.15) is 5.10 Å². The molecule has 1 fully saturated rings. The maximum Gasteiger partial charge on any atom is 0.274 e. The summed E-state index contributed by atoms with van der Waals surface area (Å²) in [7, 11) is 5.97. The lowest BCUT2D eigenvalue weighted by molar-refractivity contribution is 0.0655. The van der Waals surface area contributed by atoms with Gasteiger partial charge in [0.1, 0.15) is 5.75 Å². The van der Waals surface area contributed by atoms with Crippen LogP contribution in [-0.4, -0.2) is 83.8 Å². The van der Waals surface area contributed by atoms with Crippen molar-refractivity contribution in [3.05, 3.63) is 59.4 Å². The normalized spacial score (nSPS) is 19.1. The number of fused-ring (bicyclic) bond motifs is 1. The summed E-state index contributed by atoms with van der Waals surface area (Å²) in [4.78, 5) is 20.0. The number of rotatable bonds is 7. The molecule has 2 heterocycles. The van der Waals surface area contributed by atoms with Crippen molar-refractivity contribution in [2.24, 2.45) is 0 Å². The highest BCUT2D eigenvalue weighted by molar-refractivity contribution is 5.94. The second-order valence-corrected chi connectivity index (χ2v) is 9.00. The molecule has 1 aromatic heterocycles. The number of carbonyl (C=O) groups is 1. The molecule has 1 saturated heterocycles. The number of hydrogen-bond donors (Lipinski definition) is 0. The maximum absolute atomic E-state index is 13.4. The van der Waals surface area contributed by atoms with Crippen LogP contribution < -0.4 is 4.74 Å². The first-order chi connectivity index (χ1) is 15.5. The SMILES string of the molecule is C=CCn1nc(C(=O)N2CCN(C)CC2)c2c1CC[C@@H](N(C)Cc1cccc(OC)c1)C2. The molecule has 1 amide bonds. The predicted octanol–water partition coefficient (Wildman–Crippen LogP) is 2.45. The average Bonchev–Trinajstić information content (AvgIpc) is 3.17. The Hall–Kier alpha value is -2.64. The Kier molecular flexibility index (Phi) is 6.96. The lowest BCUT2D eigenvalue weighted by atomic mass is 9.90. The van der Waals surface area contributed by atoms with E-state index in [0.717, 1.165) is 63.3 Å². The molecular weight excluding hydrogens is 402 g/mol. The number of carbonyl (C=O) groups excluding carboxylic acids is 1. The Morgan fingerprint density at radius 1 is 1.31 bits per heavy atom. The summed E-state index contributed by atoms with van der Waals surface area (Å²) in [6.45, 7) is 8.71. The van der Waals surface area contributed by atoms with E-state index >= 15 is 0 Å². The largest absolute Gasteiger partial charge is 0.497 e. The van der Waals surface area contributed by atoms with Crippen LogP contribution in [0.15, 0.2) is 36.9 Å². The molecule has 0 radical (unpaired) electrons. The third-order valence-corrected chi connectivity index (χ3v) is 6.81. The highest BCUT2D eigenvalue weighted by Gasteiger charge is 2.33. The van der Waals surface area contributed by atoms with Crippen LogP contribution in [0, 0.1) is 0 Å². The number of piperazine rings is 1. The monoisotopic (exact) mass is 437 g/mol. The standard InChI is InChI=1S/C25H35N5O2/c1-5-11-30-23-10-9-20(28(3)18-19-7-6-8-21(16-19)32-4)17-22(23)24(26-30)25(31)29-14-12-27(2)13-15-29/h5-8,16,20H,1,9-15,17-18H2,2-4H3/t20-/m1/s1. The minimum absolute atomic E-state index is 0.0771. The van der Waals surface area contributed by atoms with Crippen molar-refractivity contribution >= 4 is 5.91 Å². The molecule has 0 bridgehead atoms. The van der Waals surface area contributed by atoms with Gasteiger partial charge in [-0.15, -0.1) is 6.58 Å². The molecule has 1 atom stereocenters. The van der Waals surface area contributed by atoms with Crippen LogP contribution in [0.5, 0.6) is 5.75 Å². The summed E-state index contributed by atoms with van der Waals surface area (Å²) in [5, 5.41) is 4.78. The van der Waals surface area contributed by atoms with Gasteiger partial charge in [-0.1, -0.05) is 18.2 Å². The minimum Gasteiger partial charge on any atom is -0.497 e. The lowest BCUT2D eigenvalue weighted by Gasteiger charge is -2.33. The van der Waals surface area contributed by atoms with Crippen LogP contribution >= 0.6 is 0 Å².